The molecule has 0 unspecified atom stereocenters. The highest BCUT2D eigenvalue weighted by atomic mass is 19.1. The zero-order chi connectivity index (χ0) is 22.9. The molecular weight excluding hydrogens is 424 g/mol. The predicted octanol–water partition coefficient (Wildman–Crippen LogP) is 5.09. The summed E-state index contributed by atoms with van der Waals surface area (Å²) in [4.78, 5) is 14.2. The van der Waals surface area contributed by atoms with Crippen LogP contribution in [0.3, 0.4) is 0 Å². The summed E-state index contributed by atoms with van der Waals surface area (Å²) in [6.45, 7) is 1.98. The Labute approximate surface area is 191 Å². The molecule has 1 aliphatic heterocycles. The monoisotopic (exact) mass is 451 g/mol. The second-order valence-electron chi connectivity index (χ2n) is 8.82. The molecule has 0 radical (unpaired) electrons. The molecule has 1 saturated carbocycles. The molecule has 1 fully saturated rings. The lowest BCUT2D eigenvalue weighted by Crippen LogP contribution is -2.42. The lowest BCUT2D eigenvalue weighted by atomic mass is 9.90. The van der Waals surface area contributed by atoms with Crippen molar-refractivity contribution in [2.75, 3.05) is 13.2 Å². The maximum atomic E-state index is 14.3. The normalized spacial score (nSPS) is 15.5. The van der Waals surface area contributed by atoms with Crippen molar-refractivity contribution in [1.29, 1.82) is 0 Å². The summed E-state index contributed by atoms with van der Waals surface area (Å²) >= 11 is 0. The van der Waals surface area contributed by atoms with Gasteiger partial charge in [0.2, 0.25) is 5.91 Å². The molecular formula is C26H27F2N3O2. The summed E-state index contributed by atoms with van der Waals surface area (Å²) in [5, 5.41) is 0.909. The SMILES string of the molecule is NC(=O)c1ccc(F)c2c1C=C(N(CCCCn1ccc3cc(F)ccc31)C1CCC1)CO2. The Balaban J connectivity index is 1.30. The highest BCUT2D eigenvalue weighted by molar-refractivity contribution is 5.98. The van der Waals surface area contributed by atoms with Gasteiger partial charge in [-0.3, -0.25) is 4.79 Å². The van der Waals surface area contributed by atoms with E-state index in [2.05, 4.69) is 9.47 Å². The van der Waals surface area contributed by atoms with Crippen LogP contribution in [-0.4, -0.2) is 34.6 Å². The number of ether oxygens (including phenoxy) is 1. The Hall–Kier alpha value is -3.35. The van der Waals surface area contributed by atoms with Crippen molar-refractivity contribution in [3.8, 4) is 5.75 Å². The lowest BCUT2D eigenvalue weighted by molar-refractivity contribution is 0.0999. The number of aromatic nitrogens is 1. The predicted molar refractivity (Wildman–Crippen MR) is 124 cm³/mol. The fraction of sp³-hybridized carbons (Fsp3) is 0.346. The zero-order valence-electron chi connectivity index (χ0n) is 18.4. The number of fused-ring (bicyclic) bond motifs is 2. The molecule has 0 saturated heterocycles. The second-order valence-corrected chi connectivity index (χ2v) is 8.82. The first kappa shape index (κ1) is 21.5. The van der Waals surface area contributed by atoms with E-state index in [9.17, 15) is 13.6 Å². The van der Waals surface area contributed by atoms with E-state index in [4.69, 9.17) is 10.5 Å². The third-order valence-electron chi connectivity index (χ3n) is 6.75. The summed E-state index contributed by atoms with van der Waals surface area (Å²) < 4.78 is 35.6. The molecule has 3 aromatic rings. The summed E-state index contributed by atoms with van der Waals surface area (Å²) in [6.07, 6.45) is 9.23. The number of nitrogens with zero attached hydrogens (tertiary/aromatic N) is 2. The number of carbonyl (C=O) groups excluding carboxylic acids is 1. The number of nitrogens with two attached hydrogens (primary N) is 1. The molecule has 2 N–H and O–H groups in total. The van der Waals surface area contributed by atoms with Crippen LogP contribution in [-0.2, 0) is 6.54 Å². The largest absolute Gasteiger partial charge is 0.484 e. The molecule has 2 aromatic carbocycles. The van der Waals surface area contributed by atoms with Gasteiger partial charge in [-0.15, -0.1) is 0 Å². The van der Waals surface area contributed by atoms with Gasteiger partial charge in [0.25, 0.3) is 0 Å². The fourth-order valence-electron chi connectivity index (χ4n) is 4.79. The highest BCUT2D eigenvalue weighted by Gasteiger charge is 2.30. The molecule has 1 aliphatic carbocycles. The van der Waals surface area contributed by atoms with Crippen molar-refractivity contribution < 1.29 is 18.3 Å². The summed E-state index contributed by atoms with van der Waals surface area (Å²) in [7, 11) is 0. The van der Waals surface area contributed by atoms with Crippen LogP contribution in [0.1, 0.15) is 48.0 Å². The number of halogens is 2. The van der Waals surface area contributed by atoms with Crippen molar-refractivity contribution in [2.24, 2.45) is 5.73 Å². The van der Waals surface area contributed by atoms with E-state index in [0.717, 1.165) is 55.4 Å². The first-order chi connectivity index (χ1) is 16.0. The van der Waals surface area contributed by atoms with Crippen LogP contribution >= 0.6 is 0 Å². The van der Waals surface area contributed by atoms with Crippen LogP contribution in [0.5, 0.6) is 5.75 Å². The molecule has 0 atom stereocenters. The van der Waals surface area contributed by atoms with Crippen LogP contribution in [0, 0.1) is 11.6 Å². The Bertz CT molecular complexity index is 1230. The molecule has 7 heteroatoms. The Kier molecular flexibility index (Phi) is 5.79. The topological polar surface area (TPSA) is 60.5 Å². The molecule has 1 amide bonds. The number of unbranched alkanes of at least 4 members (excludes halogenated alkanes) is 1. The van der Waals surface area contributed by atoms with E-state index >= 15 is 0 Å². The van der Waals surface area contributed by atoms with E-state index in [1.54, 1.807) is 6.07 Å². The van der Waals surface area contributed by atoms with E-state index in [1.807, 2.05) is 24.4 Å². The minimum Gasteiger partial charge on any atom is -0.484 e. The maximum Gasteiger partial charge on any atom is 0.249 e. The molecule has 172 valence electrons. The van der Waals surface area contributed by atoms with E-state index in [1.165, 1.54) is 24.6 Å². The van der Waals surface area contributed by atoms with Crippen molar-refractivity contribution >= 4 is 22.9 Å². The van der Waals surface area contributed by atoms with Gasteiger partial charge in [-0.1, -0.05) is 0 Å². The Morgan fingerprint density at radius 1 is 1.15 bits per heavy atom. The van der Waals surface area contributed by atoms with Crippen LogP contribution < -0.4 is 10.5 Å². The van der Waals surface area contributed by atoms with Gasteiger partial charge >= 0.3 is 0 Å². The zero-order valence-corrected chi connectivity index (χ0v) is 18.4. The number of benzene rings is 2. The highest BCUT2D eigenvalue weighted by Crippen LogP contribution is 2.36. The minimum atomic E-state index is -0.596. The number of aryl methyl sites for hydroxylation is 1. The first-order valence-electron chi connectivity index (χ1n) is 11.5. The van der Waals surface area contributed by atoms with E-state index in [0.29, 0.717) is 11.6 Å². The van der Waals surface area contributed by atoms with Gasteiger partial charge in [0.05, 0.1) is 11.3 Å². The second kappa shape index (κ2) is 8.89. The average molecular weight is 452 g/mol. The summed E-state index contributed by atoms with van der Waals surface area (Å²) in [5.41, 5.74) is 8.21. The third-order valence-corrected chi connectivity index (χ3v) is 6.75. The number of hydrogen-bond acceptors (Lipinski definition) is 3. The molecule has 5 nitrogen and oxygen atoms in total. The van der Waals surface area contributed by atoms with Gasteiger partial charge < -0.3 is 19.9 Å². The van der Waals surface area contributed by atoms with Gasteiger partial charge in [-0.05, 0) is 74.6 Å². The van der Waals surface area contributed by atoms with E-state index < -0.39 is 11.7 Å². The van der Waals surface area contributed by atoms with Crippen LogP contribution in [0.2, 0.25) is 0 Å². The molecule has 5 rings (SSSR count). The smallest absolute Gasteiger partial charge is 0.249 e. The summed E-state index contributed by atoms with van der Waals surface area (Å²) in [5.74, 6) is -1.21. The third kappa shape index (κ3) is 4.19. The summed E-state index contributed by atoms with van der Waals surface area (Å²) in [6, 6.07) is 9.89. The molecule has 2 heterocycles. The molecule has 2 aliphatic rings. The number of carbonyl (C=O) groups is 1. The average Bonchev–Trinajstić information content (AvgIpc) is 3.16. The van der Waals surface area contributed by atoms with Crippen molar-refractivity contribution in [1.82, 2.24) is 9.47 Å². The van der Waals surface area contributed by atoms with Crippen LogP contribution in [0.25, 0.3) is 17.0 Å². The lowest BCUT2D eigenvalue weighted by Gasteiger charge is -2.41. The van der Waals surface area contributed by atoms with Gasteiger partial charge in [0, 0.05) is 41.8 Å². The molecule has 1 aromatic heterocycles. The van der Waals surface area contributed by atoms with Crippen molar-refractivity contribution in [2.45, 2.75) is 44.7 Å². The fourth-order valence-corrected chi connectivity index (χ4v) is 4.79. The van der Waals surface area contributed by atoms with Gasteiger partial charge in [-0.25, -0.2) is 8.78 Å². The van der Waals surface area contributed by atoms with E-state index in [-0.39, 0.29) is 23.7 Å². The number of hydrogen-bond donors (Lipinski definition) is 1. The number of rotatable bonds is 8. The van der Waals surface area contributed by atoms with Gasteiger partial charge in [-0.2, -0.15) is 0 Å². The first-order valence-corrected chi connectivity index (χ1v) is 11.5. The van der Waals surface area contributed by atoms with Gasteiger partial charge in [0.1, 0.15) is 12.4 Å². The van der Waals surface area contributed by atoms with Crippen LogP contribution in [0.4, 0.5) is 8.78 Å². The molecule has 0 spiro atoms. The molecule has 0 bridgehead atoms. The minimum absolute atomic E-state index is 0.0968. The quantitative estimate of drug-likeness (QED) is 0.486. The van der Waals surface area contributed by atoms with Crippen molar-refractivity contribution in [3.05, 3.63) is 71.1 Å². The van der Waals surface area contributed by atoms with Crippen LogP contribution in [0.15, 0.2) is 48.3 Å². The Morgan fingerprint density at radius 3 is 2.76 bits per heavy atom. The standard InChI is InChI=1S/C26H27F2N3O2/c27-18-6-9-24-17(14-18)10-13-30(24)11-1-2-12-31(19-4-3-5-19)20-15-22-21(26(29)32)7-8-23(28)25(22)33-16-20/h6-10,13-15,19H,1-5,11-12,16H2,(H2,29,32). The number of amides is 1. The Morgan fingerprint density at radius 2 is 2.00 bits per heavy atom. The number of primary amides is 1. The maximum absolute atomic E-state index is 14.3. The molecule has 33 heavy (non-hydrogen) atoms. The van der Waals surface area contributed by atoms with Gasteiger partial charge in [0.15, 0.2) is 11.6 Å². The van der Waals surface area contributed by atoms with Crippen molar-refractivity contribution in [3.63, 3.8) is 0 Å².